The summed E-state index contributed by atoms with van der Waals surface area (Å²) >= 11 is 0. The topological polar surface area (TPSA) is 67.5 Å². The molecule has 0 unspecified atom stereocenters. The maximum atomic E-state index is 13.2. The van der Waals surface area contributed by atoms with Gasteiger partial charge in [0, 0.05) is 18.6 Å². The Bertz CT molecular complexity index is 772. The maximum Gasteiger partial charge on any atom is 0.198 e. The van der Waals surface area contributed by atoms with Gasteiger partial charge in [-0.3, -0.25) is 9.59 Å². The van der Waals surface area contributed by atoms with Crippen LogP contribution in [0.1, 0.15) is 49.1 Å². The molecule has 1 saturated carbocycles. The molecule has 0 radical (unpaired) electrons. The molecular formula is C17H17FO4. The Labute approximate surface area is 126 Å². The highest BCUT2D eigenvalue weighted by Gasteiger charge is 2.21. The lowest BCUT2D eigenvalue weighted by atomic mass is 9.85. The molecule has 1 aromatic carbocycles. The number of benzene rings is 1. The van der Waals surface area contributed by atoms with E-state index in [-0.39, 0.29) is 22.5 Å². The van der Waals surface area contributed by atoms with E-state index in [9.17, 15) is 19.1 Å². The molecule has 5 heteroatoms. The average Bonchev–Trinajstić information content (AvgIpc) is 2.49. The van der Waals surface area contributed by atoms with E-state index in [0.29, 0.717) is 12.3 Å². The molecule has 1 heterocycles. The highest BCUT2D eigenvalue weighted by atomic mass is 19.1. The van der Waals surface area contributed by atoms with E-state index in [2.05, 4.69) is 0 Å². The summed E-state index contributed by atoms with van der Waals surface area (Å²) in [6.07, 6.45) is 5.82. The molecule has 0 spiro atoms. The van der Waals surface area contributed by atoms with Crippen LogP contribution < -0.4 is 5.43 Å². The fourth-order valence-electron chi connectivity index (χ4n) is 3.10. The van der Waals surface area contributed by atoms with E-state index < -0.39 is 17.0 Å². The summed E-state index contributed by atoms with van der Waals surface area (Å²) in [4.78, 5) is 24.3. The van der Waals surface area contributed by atoms with Gasteiger partial charge in [-0.25, -0.2) is 4.39 Å². The lowest BCUT2D eigenvalue weighted by Gasteiger charge is -2.20. The number of carbonyl (C=O) groups is 1. The first-order valence-corrected chi connectivity index (χ1v) is 7.54. The predicted molar refractivity (Wildman–Crippen MR) is 79.6 cm³/mol. The van der Waals surface area contributed by atoms with Gasteiger partial charge in [0.2, 0.25) is 0 Å². The van der Waals surface area contributed by atoms with E-state index in [4.69, 9.17) is 4.42 Å². The number of rotatable bonds is 3. The average molecular weight is 304 g/mol. The summed E-state index contributed by atoms with van der Waals surface area (Å²) < 4.78 is 18.6. The molecule has 116 valence electrons. The number of hydrogen-bond acceptors (Lipinski definition) is 4. The van der Waals surface area contributed by atoms with Crippen molar-refractivity contribution in [1.29, 1.82) is 0 Å². The largest absolute Gasteiger partial charge is 0.504 e. The lowest BCUT2D eigenvalue weighted by Crippen LogP contribution is -2.14. The number of aromatic hydroxyl groups is 1. The number of fused-ring (bicyclic) bond motifs is 1. The van der Waals surface area contributed by atoms with Gasteiger partial charge >= 0.3 is 0 Å². The van der Waals surface area contributed by atoms with Gasteiger partial charge in [-0.05, 0) is 12.0 Å². The Hall–Kier alpha value is -2.17. The second-order valence-corrected chi connectivity index (χ2v) is 5.91. The Morgan fingerprint density at radius 2 is 1.95 bits per heavy atom. The van der Waals surface area contributed by atoms with Crippen LogP contribution in [0.4, 0.5) is 4.39 Å². The Morgan fingerprint density at radius 1 is 1.23 bits per heavy atom. The SMILES string of the molecule is O=C(CC1CCCCC1)c1cc(=O)c2cc(F)cc(O)c2o1. The molecule has 0 amide bonds. The van der Waals surface area contributed by atoms with Crippen LogP contribution >= 0.6 is 0 Å². The number of hydrogen-bond donors (Lipinski definition) is 1. The van der Waals surface area contributed by atoms with E-state index in [1.165, 1.54) is 6.42 Å². The first-order valence-electron chi connectivity index (χ1n) is 7.54. The standard InChI is InChI=1S/C17H17FO4/c18-11-7-12-13(19)9-16(22-17(12)15(21)8-11)14(20)6-10-4-2-1-3-5-10/h7-10,21H,1-6H2. The van der Waals surface area contributed by atoms with Crippen molar-refractivity contribution in [3.05, 3.63) is 40.0 Å². The lowest BCUT2D eigenvalue weighted by molar-refractivity contribution is 0.0923. The van der Waals surface area contributed by atoms with Crippen LogP contribution in [-0.4, -0.2) is 10.9 Å². The summed E-state index contributed by atoms with van der Waals surface area (Å²) in [6.45, 7) is 0. The molecule has 1 aliphatic rings. The summed E-state index contributed by atoms with van der Waals surface area (Å²) in [7, 11) is 0. The van der Waals surface area contributed by atoms with Gasteiger partial charge in [0.1, 0.15) is 5.82 Å². The molecule has 1 fully saturated rings. The van der Waals surface area contributed by atoms with Crippen LogP contribution in [0.2, 0.25) is 0 Å². The summed E-state index contributed by atoms with van der Waals surface area (Å²) in [6, 6.07) is 2.95. The van der Waals surface area contributed by atoms with Gasteiger partial charge in [0.15, 0.2) is 28.3 Å². The first kappa shape index (κ1) is 14.8. The van der Waals surface area contributed by atoms with Gasteiger partial charge in [-0.2, -0.15) is 0 Å². The normalized spacial score (nSPS) is 16.0. The zero-order valence-corrected chi connectivity index (χ0v) is 12.1. The third-order valence-electron chi connectivity index (χ3n) is 4.25. The van der Waals surface area contributed by atoms with Gasteiger partial charge in [0.05, 0.1) is 5.39 Å². The molecule has 0 atom stereocenters. The summed E-state index contributed by atoms with van der Waals surface area (Å²) in [5.41, 5.74) is -0.663. The third kappa shape index (κ3) is 2.89. The van der Waals surface area contributed by atoms with Gasteiger partial charge in [-0.15, -0.1) is 0 Å². The Kier molecular flexibility index (Phi) is 3.96. The van der Waals surface area contributed by atoms with Gasteiger partial charge in [0.25, 0.3) is 0 Å². The number of phenols is 1. The monoisotopic (exact) mass is 304 g/mol. The third-order valence-corrected chi connectivity index (χ3v) is 4.25. The van der Waals surface area contributed by atoms with Crippen molar-refractivity contribution in [2.24, 2.45) is 5.92 Å². The summed E-state index contributed by atoms with van der Waals surface area (Å²) in [5.74, 6) is -1.18. The van der Waals surface area contributed by atoms with Crippen molar-refractivity contribution in [2.75, 3.05) is 0 Å². The fraction of sp³-hybridized carbons (Fsp3) is 0.412. The van der Waals surface area contributed by atoms with Crippen molar-refractivity contribution in [3.8, 4) is 5.75 Å². The Morgan fingerprint density at radius 3 is 2.68 bits per heavy atom. The predicted octanol–water partition coefficient (Wildman–Crippen LogP) is 3.79. The minimum atomic E-state index is -0.724. The molecule has 1 aromatic heterocycles. The van der Waals surface area contributed by atoms with E-state index in [1.807, 2.05) is 0 Å². The van der Waals surface area contributed by atoms with Crippen LogP contribution in [-0.2, 0) is 0 Å². The van der Waals surface area contributed by atoms with Crippen molar-refractivity contribution >= 4 is 16.8 Å². The molecular weight excluding hydrogens is 287 g/mol. The van der Waals surface area contributed by atoms with Crippen molar-refractivity contribution in [2.45, 2.75) is 38.5 Å². The van der Waals surface area contributed by atoms with Gasteiger partial charge < -0.3 is 9.52 Å². The quantitative estimate of drug-likeness (QED) is 0.876. The maximum absolute atomic E-state index is 13.2. The molecule has 0 saturated heterocycles. The molecule has 1 N–H and O–H groups in total. The van der Waals surface area contributed by atoms with Crippen molar-refractivity contribution in [1.82, 2.24) is 0 Å². The van der Waals surface area contributed by atoms with Crippen molar-refractivity contribution in [3.63, 3.8) is 0 Å². The van der Waals surface area contributed by atoms with Crippen LogP contribution in [0.3, 0.4) is 0 Å². The smallest absolute Gasteiger partial charge is 0.198 e. The molecule has 0 bridgehead atoms. The Balaban J connectivity index is 1.94. The molecule has 2 aromatic rings. The van der Waals surface area contributed by atoms with Crippen LogP contribution in [0.15, 0.2) is 27.4 Å². The van der Waals surface area contributed by atoms with Crippen LogP contribution in [0, 0.1) is 11.7 Å². The highest BCUT2D eigenvalue weighted by Crippen LogP contribution is 2.29. The molecule has 1 aliphatic carbocycles. The second kappa shape index (κ2) is 5.91. The number of carbonyl (C=O) groups excluding carboxylic acids is 1. The molecule has 4 nitrogen and oxygen atoms in total. The first-order chi connectivity index (χ1) is 10.5. The van der Waals surface area contributed by atoms with Crippen LogP contribution in [0.5, 0.6) is 5.75 Å². The zero-order chi connectivity index (χ0) is 15.7. The van der Waals surface area contributed by atoms with E-state index in [0.717, 1.165) is 43.9 Å². The van der Waals surface area contributed by atoms with Gasteiger partial charge in [-0.1, -0.05) is 32.1 Å². The minimum Gasteiger partial charge on any atom is -0.504 e. The minimum absolute atomic E-state index is 0.0632. The van der Waals surface area contributed by atoms with Crippen LogP contribution in [0.25, 0.3) is 11.0 Å². The number of halogens is 1. The molecule has 3 rings (SSSR count). The second-order valence-electron chi connectivity index (χ2n) is 5.91. The fourth-order valence-corrected chi connectivity index (χ4v) is 3.10. The molecule has 22 heavy (non-hydrogen) atoms. The number of ketones is 1. The zero-order valence-electron chi connectivity index (χ0n) is 12.1. The number of Topliss-reactive ketones (excluding diaryl/α,β-unsaturated/α-hetero) is 1. The van der Waals surface area contributed by atoms with E-state index in [1.54, 1.807) is 0 Å². The molecule has 0 aliphatic heterocycles. The number of phenolic OH excluding ortho intramolecular Hbond substituents is 1. The summed E-state index contributed by atoms with van der Waals surface area (Å²) in [5, 5.41) is 9.66. The van der Waals surface area contributed by atoms with E-state index >= 15 is 0 Å². The van der Waals surface area contributed by atoms with Crippen molar-refractivity contribution < 1.29 is 18.7 Å². The highest BCUT2D eigenvalue weighted by molar-refractivity contribution is 5.95.